The number of aryl methyl sites for hydroxylation is 1. The van der Waals surface area contributed by atoms with Gasteiger partial charge in [0.2, 0.25) is 5.91 Å². The molecular weight excluding hydrogens is 370 g/mol. The van der Waals surface area contributed by atoms with Crippen molar-refractivity contribution in [3.05, 3.63) is 51.4 Å². The van der Waals surface area contributed by atoms with Gasteiger partial charge in [-0.25, -0.2) is 0 Å². The molecule has 1 atom stereocenters. The van der Waals surface area contributed by atoms with E-state index in [1.807, 2.05) is 20.8 Å². The van der Waals surface area contributed by atoms with Crippen molar-refractivity contribution in [2.45, 2.75) is 33.2 Å². The molecule has 1 unspecified atom stereocenters. The third-order valence-corrected chi connectivity index (χ3v) is 5.37. The van der Waals surface area contributed by atoms with Gasteiger partial charge in [-0.2, -0.15) is 5.26 Å². The van der Waals surface area contributed by atoms with Crippen molar-refractivity contribution in [1.29, 1.82) is 5.26 Å². The Morgan fingerprint density at radius 3 is 2.58 bits per heavy atom. The smallest absolute Gasteiger partial charge is 0.253 e. The van der Waals surface area contributed by atoms with Crippen LogP contribution in [-0.2, 0) is 11.2 Å². The fraction of sp³-hybridized carbons (Fsp3) is 0.316. The number of benzene rings is 1. The number of nitrogens with zero attached hydrogens (tertiary/aromatic N) is 1. The second-order valence-corrected chi connectivity index (χ2v) is 7.63. The molecule has 0 saturated heterocycles. The molecule has 0 aliphatic rings. The van der Waals surface area contributed by atoms with Crippen LogP contribution in [0.2, 0.25) is 5.02 Å². The summed E-state index contributed by atoms with van der Waals surface area (Å²) < 4.78 is 0. The quantitative estimate of drug-likeness (QED) is 0.775. The maximum absolute atomic E-state index is 12.7. The number of nitrogens with one attached hydrogen (secondary N) is 2. The number of carbonyl (C=O) groups is 2. The van der Waals surface area contributed by atoms with E-state index in [0.717, 1.165) is 11.3 Å². The average Bonchev–Trinajstić information content (AvgIpc) is 3.01. The van der Waals surface area contributed by atoms with E-state index in [0.29, 0.717) is 21.2 Å². The van der Waals surface area contributed by atoms with Crippen molar-refractivity contribution in [3.8, 4) is 6.07 Å². The first-order chi connectivity index (χ1) is 12.4. The molecule has 1 aromatic heterocycles. The molecule has 0 aliphatic carbocycles. The molecule has 1 heterocycles. The van der Waals surface area contributed by atoms with E-state index in [9.17, 15) is 14.9 Å². The van der Waals surface area contributed by atoms with Gasteiger partial charge in [-0.05, 0) is 30.5 Å². The van der Waals surface area contributed by atoms with E-state index < -0.39 is 11.9 Å². The highest BCUT2D eigenvalue weighted by Crippen LogP contribution is 2.28. The SMILES string of the molecule is CCc1cc(C#N)c(NC(=O)C(NC(=O)c2ccccc2Cl)C(C)C)s1. The number of hydrogen-bond donors (Lipinski definition) is 2. The number of anilines is 1. The van der Waals surface area contributed by atoms with Crippen molar-refractivity contribution >= 4 is 39.8 Å². The topological polar surface area (TPSA) is 82.0 Å². The van der Waals surface area contributed by atoms with Crippen LogP contribution in [0.5, 0.6) is 0 Å². The Balaban J connectivity index is 2.18. The maximum atomic E-state index is 12.7. The summed E-state index contributed by atoms with van der Waals surface area (Å²) in [6.07, 6.45) is 0.784. The van der Waals surface area contributed by atoms with E-state index in [1.165, 1.54) is 11.3 Å². The Kier molecular flexibility index (Phi) is 6.78. The van der Waals surface area contributed by atoms with Gasteiger partial charge in [0.15, 0.2) is 0 Å². The summed E-state index contributed by atoms with van der Waals surface area (Å²) in [5.74, 6) is -0.913. The van der Waals surface area contributed by atoms with Crippen LogP contribution in [0, 0.1) is 17.2 Å². The number of thiophene rings is 1. The molecule has 0 radical (unpaired) electrons. The second kappa shape index (κ2) is 8.84. The van der Waals surface area contributed by atoms with Crippen LogP contribution in [0.25, 0.3) is 0 Å². The molecular formula is C19H20ClN3O2S. The van der Waals surface area contributed by atoms with Crippen LogP contribution in [0.3, 0.4) is 0 Å². The number of carbonyl (C=O) groups excluding carboxylic acids is 2. The summed E-state index contributed by atoms with van der Waals surface area (Å²) in [7, 11) is 0. The van der Waals surface area contributed by atoms with Crippen LogP contribution >= 0.6 is 22.9 Å². The van der Waals surface area contributed by atoms with E-state index in [-0.39, 0.29) is 11.8 Å². The van der Waals surface area contributed by atoms with Crippen LogP contribution in [-0.4, -0.2) is 17.9 Å². The molecule has 0 spiro atoms. The Bertz CT molecular complexity index is 855. The van der Waals surface area contributed by atoms with Crippen molar-refractivity contribution in [2.75, 3.05) is 5.32 Å². The molecule has 5 nitrogen and oxygen atoms in total. The van der Waals surface area contributed by atoms with Gasteiger partial charge in [0.1, 0.15) is 17.1 Å². The normalized spacial score (nSPS) is 11.7. The van der Waals surface area contributed by atoms with Gasteiger partial charge in [0, 0.05) is 4.88 Å². The first kappa shape index (κ1) is 20.0. The minimum atomic E-state index is -0.752. The first-order valence-electron chi connectivity index (χ1n) is 8.26. The van der Waals surface area contributed by atoms with Crippen molar-refractivity contribution in [1.82, 2.24) is 5.32 Å². The van der Waals surface area contributed by atoms with Gasteiger partial charge >= 0.3 is 0 Å². The summed E-state index contributed by atoms with van der Waals surface area (Å²) in [5.41, 5.74) is 0.745. The lowest BCUT2D eigenvalue weighted by atomic mass is 10.0. The first-order valence-corrected chi connectivity index (χ1v) is 9.45. The highest BCUT2D eigenvalue weighted by atomic mass is 35.5. The lowest BCUT2D eigenvalue weighted by Crippen LogP contribution is -2.47. The Morgan fingerprint density at radius 2 is 2.00 bits per heavy atom. The number of amides is 2. The zero-order valence-corrected chi connectivity index (χ0v) is 16.4. The fourth-order valence-electron chi connectivity index (χ4n) is 2.38. The monoisotopic (exact) mass is 389 g/mol. The lowest BCUT2D eigenvalue weighted by Gasteiger charge is -2.21. The fourth-order valence-corrected chi connectivity index (χ4v) is 3.55. The Morgan fingerprint density at radius 1 is 1.31 bits per heavy atom. The van der Waals surface area contributed by atoms with Crippen LogP contribution in [0.1, 0.15) is 41.6 Å². The number of rotatable bonds is 6. The second-order valence-electron chi connectivity index (χ2n) is 6.09. The molecule has 0 bridgehead atoms. The average molecular weight is 390 g/mol. The molecule has 2 aromatic rings. The lowest BCUT2D eigenvalue weighted by molar-refractivity contribution is -0.118. The van der Waals surface area contributed by atoms with E-state index in [2.05, 4.69) is 16.7 Å². The number of hydrogen-bond acceptors (Lipinski definition) is 4. The predicted molar refractivity (Wildman–Crippen MR) is 105 cm³/mol. The zero-order chi connectivity index (χ0) is 19.3. The van der Waals surface area contributed by atoms with E-state index >= 15 is 0 Å². The third kappa shape index (κ3) is 4.63. The van der Waals surface area contributed by atoms with Crippen molar-refractivity contribution in [3.63, 3.8) is 0 Å². The largest absolute Gasteiger partial charge is 0.340 e. The van der Waals surface area contributed by atoms with Crippen molar-refractivity contribution < 1.29 is 9.59 Å². The van der Waals surface area contributed by atoms with Gasteiger partial charge in [-0.1, -0.05) is 44.5 Å². The van der Waals surface area contributed by atoms with Crippen LogP contribution in [0.15, 0.2) is 30.3 Å². The Hall–Kier alpha value is -2.36. The zero-order valence-electron chi connectivity index (χ0n) is 14.8. The number of halogens is 1. The minimum absolute atomic E-state index is 0.141. The van der Waals surface area contributed by atoms with Gasteiger partial charge < -0.3 is 10.6 Å². The predicted octanol–water partition coefficient (Wildman–Crippen LogP) is 4.23. The highest BCUT2D eigenvalue weighted by molar-refractivity contribution is 7.16. The molecule has 0 saturated carbocycles. The van der Waals surface area contributed by atoms with Gasteiger partial charge in [-0.3, -0.25) is 9.59 Å². The maximum Gasteiger partial charge on any atom is 0.253 e. The van der Waals surface area contributed by atoms with E-state index in [4.69, 9.17) is 11.6 Å². The molecule has 0 aliphatic heterocycles. The highest BCUT2D eigenvalue weighted by Gasteiger charge is 2.26. The summed E-state index contributed by atoms with van der Waals surface area (Å²) in [4.78, 5) is 26.2. The summed E-state index contributed by atoms with van der Waals surface area (Å²) in [5, 5.41) is 15.6. The van der Waals surface area contributed by atoms with Crippen LogP contribution < -0.4 is 10.6 Å². The molecule has 26 heavy (non-hydrogen) atoms. The third-order valence-electron chi connectivity index (χ3n) is 3.84. The van der Waals surface area contributed by atoms with Crippen LogP contribution in [0.4, 0.5) is 5.00 Å². The molecule has 0 fully saturated rings. The van der Waals surface area contributed by atoms with Crippen molar-refractivity contribution in [2.24, 2.45) is 5.92 Å². The minimum Gasteiger partial charge on any atom is -0.340 e. The van der Waals surface area contributed by atoms with Gasteiger partial charge in [0.05, 0.1) is 16.1 Å². The summed E-state index contributed by atoms with van der Waals surface area (Å²) in [6.45, 7) is 5.67. The molecule has 2 amide bonds. The van der Waals surface area contributed by atoms with Gasteiger partial charge in [0.25, 0.3) is 5.91 Å². The number of nitriles is 1. The molecule has 136 valence electrons. The molecule has 7 heteroatoms. The standard InChI is InChI=1S/C19H20ClN3O2S/c1-4-13-9-12(10-21)19(26-13)23-18(25)16(11(2)3)22-17(24)14-7-5-6-8-15(14)20/h5-9,11,16H,4H2,1-3H3,(H,22,24)(H,23,25). The summed E-state index contributed by atoms with van der Waals surface area (Å²) >= 11 is 7.42. The Labute approximate surface area is 162 Å². The van der Waals surface area contributed by atoms with E-state index in [1.54, 1.807) is 30.3 Å². The molecule has 2 rings (SSSR count). The van der Waals surface area contributed by atoms with Gasteiger partial charge in [-0.15, -0.1) is 11.3 Å². The molecule has 2 N–H and O–H groups in total. The molecule has 1 aromatic carbocycles. The summed E-state index contributed by atoms with van der Waals surface area (Å²) in [6, 6.07) is 9.78.